The number of nitrogen functional groups attached to an aromatic ring is 1. The molecule has 68 valence electrons. The largest absolute Gasteiger partial charge is 0.420 e. The molecular weight excluding hydrogens is 170 g/mol. The van der Waals surface area contributed by atoms with Gasteiger partial charge in [0, 0.05) is 14.0 Å². The smallest absolute Gasteiger partial charge is 0.268 e. The summed E-state index contributed by atoms with van der Waals surface area (Å²) in [6, 6.07) is 0. The third kappa shape index (κ3) is 1.16. The number of aromatic nitrogens is 4. The average molecular weight is 179 g/mol. The summed E-state index contributed by atoms with van der Waals surface area (Å²) in [4.78, 5) is 0. The van der Waals surface area contributed by atoms with Crippen LogP contribution in [0, 0.1) is 6.92 Å². The predicted octanol–water partition coefficient (Wildman–Crippen LogP) is 0.361. The van der Waals surface area contributed by atoms with E-state index in [9.17, 15) is 0 Å². The molecule has 0 saturated carbocycles. The van der Waals surface area contributed by atoms with Gasteiger partial charge < -0.3 is 10.2 Å². The molecule has 0 unspecified atom stereocenters. The molecule has 0 amide bonds. The molecule has 2 heterocycles. The van der Waals surface area contributed by atoms with Crippen LogP contribution < -0.4 is 5.73 Å². The molecule has 2 N–H and O–H groups in total. The Hall–Kier alpha value is -1.85. The molecule has 0 aromatic carbocycles. The molecule has 2 aromatic rings. The van der Waals surface area contributed by atoms with E-state index < -0.39 is 0 Å². The van der Waals surface area contributed by atoms with Crippen molar-refractivity contribution >= 4 is 5.69 Å². The number of nitrogens with two attached hydrogens (primary N) is 1. The second kappa shape index (κ2) is 2.58. The summed E-state index contributed by atoms with van der Waals surface area (Å²) < 4.78 is 6.83. The molecule has 0 bridgehead atoms. The van der Waals surface area contributed by atoms with Crippen molar-refractivity contribution in [2.45, 2.75) is 6.92 Å². The van der Waals surface area contributed by atoms with Gasteiger partial charge in [-0.1, -0.05) is 0 Å². The van der Waals surface area contributed by atoms with Gasteiger partial charge in [0.15, 0.2) is 0 Å². The van der Waals surface area contributed by atoms with Gasteiger partial charge in [0.1, 0.15) is 5.69 Å². The first-order valence-corrected chi connectivity index (χ1v) is 3.76. The highest BCUT2D eigenvalue weighted by Crippen LogP contribution is 2.22. The van der Waals surface area contributed by atoms with Crippen LogP contribution in [0.3, 0.4) is 0 Å². The van der Waals surface area contributed by atoms with Crippen LogP contribution in [0.1, 0.15) is 5.89 Å². The van der Waals surface area contributed by atoms with Crippen molar-refractivity contribution in [2.75, 3.05) is 5.73 Å². The standard InChI is InChI=1S/C7H9N5O/c1-4-10-11-7(13-4)6-5(8)3-9-12(6)2/h3H,8H2,1-2H3. The zero-order valence-electron chi connectivity index (χ0n) is 7.35. The maximum Gasteiger partial charge on any atom is 0.268 e. The van der Waals surface area contributed by atoms with Crippen molar-refractivity contribution in [3.8, 4) is 11.6 Å². The first-order valence-electron chi connectivity index (χ1n) is 3.76. The molecule has 2 rings (SSSR count). The van der Waals surface area contributed by atoms with E-state index >= 15 is 0 Å². The van der Waals surface area contributed by atoms with Crippen LogP contribution in [-0.4, -0.2) is 20.0 Å². The van der Waals surface area contributed by atoms with E-state index in [-0.39, 0.29) is 0 Å². The Morgan fingerprint density at radius 3 is 2.69 bits per heavy atom. The minimum Gasteiger partial charge on any atom is -0.420 e. The molecule has 0 fully saturated rings. The lowest BCUT2D eigenvalue weighted by molar-refractivity contribution is 0.526. The molecule has 0 spiro atoms. The van der Waals surface area contributed by atoms with Crippen molar-refractivity contribution in [1.82, 2.24) is 20.0 Å². The van der Waals surface area contributed by atoms with Crippen LogP contribution in [0.25, 0.3) is 11.6 Å². The van der Waals surface area contributed by atoms with Gasteiger partial charge in [-0.25, -0.2) is 0 Å². The minimum absolute atomic E-state index is 0.398. The number of nitrogens with zero attached hydrogens (tertiary/aromatic N) is 4. The molecule has 0 saturated heterocycles. The molecule has 6 heteroatoms. The third-order valence-corrected chi connectivity index (χ3v) is 1.70. The summed E-state index contributed by atoms with van der Waals surface area (Å²) in [5.41, 5.74) is 6.86. The van der Waals surface area contributed by atoms with Gasteiger partial charge in [-0.3, -0.25) is 4.68 Å². The van der Waals surface area contributed by atoms with E-state index in [1.807, 2.05) is 0 Å². The zero-order valence-corrected chi connectivity index (χ0v) is 7.35. The van der Waals surface area contributed by atoms with Gasteiger partial charge >= 0.3 is 0 Å². The highest BCUT2D eigenvalue weighted by atomic mass is 16.4. The van der Waals surface area contributed by atoms with Crippen molar-refractivity contribution in [2.24, 2.45) is 7.05 Å². The lowest BCUT2D eigenvalue weighted by Crippen LogP contribution is -1.95. The lowest BCUT2D eigenvalue weighted by Gasteiger charge is -1.95. The quantitative estimate of drug-likeness (QED) is 0.683. The first kappa shape index (κ1) is 7.78. The number of hydrogen-bond acceptors (Lipinski definition) is 5. The fourth-order valence-corrected chi connectivity index (χ4v) is 1.11. The molecular formula is C7H9N5O. The van der Waals surface area contributed by atoms with E-state index in [0.29, 0.717) is 23.2 Å². The molecule has 13 heavy (non-hydrogen) atoms. The van der Waals surface area contributed by atoms with Gasteiger partial charge in [-0.2, -0.15) is 5.10 Å². The molecule has 2 aromatic heterocycles. The fraction of sp³-hybridized carbons (Fsp3) is 0.286. The summed E-state index contributed by atoms with van der Waals surface area (Å²) in [5, 5.41) is 11.5. The molecule has 0 radical (unpaired) electrons. The lowest BCUT2D eigenvalue weighted by atomic mass is 10.4. The SMILES string of the molecule is Cc1nnc(-c2c(N)cnn2C)o1. The zero-order chi connectivity index (χ0) is 9.42. The van der Waals surface area contributed by atoms with E-state index in [1.54, 1.807) is 24.9 Å². The molecule has 6 nitrogen and oxygen atoms in total. The maximum absolute atomic E-state index is 5.67. The third-order valence-electron chi connectivity index (χ3n) is 1.70. The van der Waals surface area contributed by atoms with Crippen LogP contribution in [0.4, 0.5) is 5.69 Å². The topological polar surface area (TPSA) is 82.8 Å². The number of rotatable bonds is 1. The van der Waals surface area contributed by atoms with Crippen molar-refractivity contribution in [3.05, 3.63) is 12.1 Å². The Kier molecular flexibility index (Phi) is 1.54. The molecule has 0 atom stereocenters. The summed E-state index contributed by atoms with van der Waals surface area (Å²) in [7, 11) is 1.77. The summed E-state index contributed by atoms with van der Waals surface area (Å²) >= 11 is 0. The van der Waals surface area contributed by atoms with Crippen LogP contribution in [0.15, 0.2) is 10.6 Å². The van der Waals surface area contributed by atoms with Crippen molar-refractivity contribution < 1.29 is 4.42 Å². The maximum atomic E-state index is 5.67. The Labute approximate surface area is 74.4 Å². The number of anilines is 1. The second-order valence-electron chi connectivity index (χ2n) is 2.70. The Morgan fingerprint density at radius 2 is 2.23 bits per heavy atom. The van der Waals surface area contributed by atoms with Gasteiger partial charge in [-0.05, 0) is 0 Å². The Bertz CT molecular complexity index is 410. The number of aryl methyl sites for hydroxylation is 2. The predicted molar refractivity (Wildman–Crippen MR) is 45.6 cm³/mol. The first-order chi connectivity index (χ1) is 6.18. The van der Waals surface area contributed by atoms with Crippen molar-refractivity contribution in [1.29, 1.82) is 0 Å². The highest BCUT2D eigenvalue weighted by Gasteiger charge is 2.13. The van der Waals surface area contributed by atoms with Crippen LogP contribution >= 0.6 is 0 Å². The summed E-state index contributed by atoms with van der Waals surface area (Å²) in [6.45, 7) is 1.73. The number of hydrogen-bond donors (Lipinski definition) is 1. The monoisotopic (exact) mass is 179 g/mol. The van der Waals surface area contributed by atoms with E-state index in [2.05, 4.69) is 15.3 Å². The van der Waals surface area contributed by atoms with Gasteiger partial charge in [0.2, 0.25) is 5.89 Å². The fourth-order valence-electron chi connectivity index (χ4n) is 1.11. The molecule has 0 aliphatic heterocycles. The van der Waals surface area contributed by atoms with Gasteiger partial charge in [-0.15, -0.1) is 10.2 Å². The second-order valence-corrected chi connectivity index (χ2v) is 2.70. The molecule has 0 aliphatic carbocycles. The minimum atomic E-state index is 0.398. The summed E-state index contributed by atoms with van der Waals surface area (Å²) in [6.07, 6.45) is 1.55. The van der Waals surface area contributed by atoms with Crippen LogP contribution in [0.5, 0.6) is 0 Å². The average Bonchev–Trinajstić information content (AvgIpc) is 2.60. The van der Waals surface area contributed by atoms with Gasteiger partial charge in [0.25, 0.3) is 5.89 Å². The van der Waals surface area contributed by atoms with Gasteiger partial charge in [0.05, 0.1) is 11.9 Å². The Morgan fingerprint density at radius 1 is 1.46 bits per heavy atom. The van der Waals surface area contributed by atoms with Crippen LogP contribution in [-0.2, 0) is 7.05 Å². The van der Waals surface area contributed by atoms with E-state index in [1.165, 1.54) is 0 Å². The normalized spacial score (nSPS) is 10.6. The Balaban J connectivity index is 2.57. The van der Waals surface area contributed by atoms with Crippen LogP contribution in [0.2, 0.25) is 0 Å². The van der Waals surface area contributed by atoms with Crippen molar-refractivity contribution in [3.63, 3.8) is 0 Å². The van der Waals surface area contributed by atoms with E-state index in [0.717, 1.165) is 0 Å². The van der Waals surface area contributed by atoms with E-state index in [4.69, 9.17) is 10.2 Å². The summed E-state index contributed by atoms with van der Waals surface area (Å²) in [5.74, 6) is 0.908. The molecule has 0 aliphatic rings. The highest BCUT2D eigenvalue weighted by molar-refractivity contribution is 5.65.